The molecule has 0 radical (unpaired) electrons. The molecule has 0 aromatic carbocycles. The number of aromatic nitrogens is 1. The van der Waals surface area contributed by atoms with Crippen molar-refractivity contribution in [3.63, 3.8) is 0 Å². The Bertz CT molecular complexity index is 316. The maximum Gasteiger partial charge on any atom is 0.0372 e. The monoisotopic (exact) mass is 241 g/mol. The van der Waals surface area contributed by atoms with Crippen LogP contribution < -0.4 is 5.73 Å². The van der Waals surface area contributed by atoms with Gasteiger partial charge in [0.1, 0.15) is 0 Å². The Morgan fingerprint density at radius 1 is 1.44 bits per heavy atom. The summed E-state index contributed by atoms with van der Waals surface area (Å²) in [7, 11) is 0. The van der Waals surface area contributed by atoms with E-state index in [0.29, 0.717) is 12.0 Å². The highest BCUT2D eigenvalue weighted by molar-refractivity contribution is 5.85. The minimum atomic E-state index is 0. The Balaban J connectivity index is 0.00000128. The van der Waals surface area contributed by atoms with E-state index in [1.54, 1.807) is 0 Å². The Morgan fingerprint density at radius 2 is 2.19 bits per heavy atom. The highest BCUT2D eigenvalue weighted by atomic mass is 35.5. The number of pyridine rings is 1. The fraction of sp³-hybridized carbons (Fsp3) is 0.583. The van der Waals surface area contributed by atoms with Gasteiger partial charge in [-0.15, -0.1) is 12.4 Å². The zero-order valence-electron chi connectivity index (χ0n) is 9.89. The highest BCUT2D eigenvalue weighted by Crippen LogP contribution is 2.16. The minimum absolute atomic E-state index is 0. The number of likely N-dealkylation sites (tertiary alicyclic amines) is 1. The SMILES string of the molecule is Cc1ccc(CN2CC(C)C(N)C2)cn1.Cl. The third-order valence-electron chi connectivity index (χ3n) is 3.12. The molecule has 0 amide bonds. The summed E-state index contributed by atoms with van der Waals surface area (Å²) in [4.78, 5) is 6.71. The van der Waals surface area contributed by atoms with Gasteiger partial charge >= 0.3 is 0 Å². The predicted octanol–water partition coefficient (Wildman–Crippen LogP) is 1.59. The van der Waals surface area contributed by atoms with Crippen LogP contribution in [0.3, 0.4) is 0 Å². The first-order valence-corrected chi connectivity index (χ1v) is 5.54. The second-order valence-corrected chi connectivity index (χ2v) is 4.64. The summed E-state index contributed by atoms with van der Waals surface area (Å²) in [5.41, 5.74) is 8.34. The first-order chi connectivity index (χ1) is 7.15. The summed E-state index contributed by atoms with van der Waals surface area (Å²) in [6.07, 6.45) is 1.96. The maximum atomic E-state index is 5.99. The molecule has 2 unspecified atom stereocenters. The molecule has 1 aliphatic rings. The molecule has 0 spiro atoms. The van der Waals surface area contributed by atoms with Crippen molar-refractivity contribution >= 4 is 12.4 Å². The van der Waals surface area contributed by atoms with Crippen molar-refractivity contribution in [3.05, 3.63) is 29.6 Å². The molecule has 2 atom stereocenters. The minimum Gasteiger partial charge on any atom is -0.326 e. The van der Waals surface area contributed by atoms with Gasteiger partial charge in [-0.3, -0.25) is 9.88 Å². The average molecular weight is 242 g/mol. The van der Waals surface area contributed by atoms with Gasteiger partial charge in [0.05, 0.1) is 0 Å². The number of nitrogens with zero attached hydrogens (tertiary/aromatic N) is 2. The number of nitrogens with two attached hydrogens (primary N) is 1. The molecule has 4 heteroatoms. The lowest BCUT2D eigenvalue weighted by Gasteiger charge is -2.14. The number of rotatable bonds is 2. The van der Waals surface area contributed by atoms with Crippen LogP contribution in [0.1, 0.15) is 18.2 Å². The first-order valence-electron chi connectivity index (χ1n) is 5.54. The highest BCUT2D eigenvalue weighted by Gasteiger charge is 2.26. The number of halogens is 1. The number of aryl methyl sites for hydroxylation is 1. The molecule has 90 valence electrons. The lowest BCUT2D eigenvalue weighted by atomic mass is 10.1. The molecule has 0 saturated carbocycles. The summed E-state index contributed by atoms with van der Waals surface area (Å²) in [6, 6.07) is 4.55. The largest absolute Gasteiger partial charge is 0.326 e. The zero-order valence-corrected chi connectivity index (χ0v) is 10.7. The summed E-state index contributed by atoms with van der Waals surface area (Å²) in [5, 5.41) is 0. The molecule has 0 bridgehead atoms. The van der Waals surface area contributed by atoms with E-state index in [-0.39, 0.29) is 12.4 Å². The second-order valence-electron chi connectivity index (χ2n) is 4.64. The van der Waals surface area contributed by atoms with Crippen LogP contribution in [0.4, 0.5) is 0 Å². The molecule has 2 N–H and O–H groups in total. The molecule has 16 heavy (non-hydrogen) atoms. The van der Waals surface area contributed by atoms with Gasteiger partial charge in [-0.1, -0.05) is 13.0 Å². The molecule has 3 nitrogen and oxygen atoms in total. The molecule has 1 aliphatic heterocycles. The molecule has 2 rings (SSSR count). The Labute approximate surface area is 103 Å². The summed E-state index contributed by atoms with van der Waals surface area (Å²) in [6.45, 7) is 7.32. The molecular weight excluding hydrogens is 222 g/mol. The topological polar surface area (TPSA) is 42.1 Å². The van der Waals surface area contributed by atoms with Crippen LogP contribution in [0.2, 0.25) is 0 Å². The third kappa shape index (κ3) is 3.17. The lowest BCUT2D eigenvalue weighted by Crippen LogP contribution is -2.28. The van der Waals surface area contributed by atoms with E-state index in [4.69, 9.17) is 5.73 Å². The van der Waals surface area contributed by atoms with E-state index >= 15 is 0 Å². The van der Waals surface area contributed by atoms with E-state index in [9.17, 15) is 0 Å². The van der Waals surface area contributed by atoms with Crippen LogP contribution in [0.15, 0.2) is 18.3 Å². The fourth-order valence-corrected chi connectivity index (χ4v) is 2.07. The molecule has 2 heterocycles. The van der Waals surface area contributed by atoms with Gasteiger partial charge in [-0.2, -0.15) is 0 Å². The standard InChI is InChI=1S/C12H19N3.ClH/c1-9-6-15(8-12(9)13)7-11-4-3-10(2)14-5-11;/h3-5,9,12H,6-8,13H2,1-2H3;1H. The normalized spacial score (nSPS) is 25.4. The smallest absolute Gasteiger partial charge is 0.0372 e. The maximum absolute atomic E-state index is 5.99. The predicted molar refractivity (Wildman–Crippen MR) is 68.6 cm³/mol. The average Bonchev–Trinajstić information content (AvgIpc) is 2.50. The van der Waals surface area contributed by atoms with Crippen molar-refractivity contribution < 1.29 is 0 Å². The molecule has 0 aliphatic carbocycles. The van der Waals surface area contributed by atoms with E-state index < -0.39 is 0 Å². The van der Waals surface area contributed by atoms with Crippen LogP contribution in [0.5, 0.6) is 0 Å². The van der Waals surface area contributed by atoms with E-state index in [2.05, 4.69) is 28.9 Å². The molecule has 1 aromatic heterocycles. The van der Waals surface area contributed by atoms with Crippen molar-refractivity contribution in [1.29, 1.82) is 0 Å². The Morgan fingerprint density at radius 3 is 2.69 bits per heavy atom. The quantitative estimate of drug-likeness (QED) is 0.855. The van der Waals surface area contributed by atoms with E-state index in [1.165, 1.54) is 5.56 Å². The van der Waals surface area contributed by atoms with Gasteiger partial charge in [-0.05, 0) is 24.5 Å². The van der Waals surface area contributed by atoms with Crippen molar-refractivity contribution in [1.82, 2.24) is 9.88 Å². The van der Waals surface area contributed by atoms with Crippen LogP contribution in [-0.2, 0) is 6.54 Å². The van der Waals surface area contributed by atoms with Gasteiger partial charge < -0.3 is 5.73 Å². The zero-order chi connectivity index (χ0) is 10.8. The van der Waals surface area contributed by atoms with Crippen molar-refractivity contribution in [2.45, 2.75) is 26.4 Å². The van der Waals surface area contributed by atoms with Gasteiger partial charge in [0.2, 0.25) is 0 Å². The lowest BCUT2D eigenvalue weighted by molar-refractivity contribution is 0.318. The Kier molecular flexibility index (Phi) is 4.71. The van der Waals surface area contributed by atoms with Gasteiger partial charge in [0.25, 0.3) is 0 Å². The summed E-state index contributed by atoms with van der Waals surface area (Å²) in [5.74, 6) is 0.614. The molecule has 1 aromatic rings. The number of hydrogen-bond donors (Lipinski definition) is 1. The number of hydrogen-bond acceptors (Lipinski definition) is 3. The first kappa shape index (κ1) is 13.4. The Hall–Kier alpha value is -0.640. The second kappa shape index (κ2) is 5.62. The van der Waals surface area contributed by atoms with Crippen LogP contribution >= 0.6 is 12.4 Å². The van der Waals surface area contributed by atoms with Crippen molar-refractivity contribution in [2.24, 2.45) is 11.7 Å². The molecule has 1 fully saturated rings. The third-order valence-corrected chi connectivity index (χ3v) is 3.12. The fourth-order valence-electron chi connectivity index (χ4n) is 2.07. The molecule has 1 saturated heterocycles. The van der Waals surface area contributed by atoms with Crippen molar-refractivity contribution in [3.8, 4) is 0 Å². The summed E-state index contributed by atoms with van der Waals surface area (Å²) >= 11 is 0. The summed E-state index contributed by atoms with van der Waals surface area (Å²) < 4.78 is 0. The van der Waals surface area contributed by atoms with Crippen molar-refractivity contribution in [2.75, 3.05) is 13.1 Å². The van der Waals surface area contributed by atoms with Gasteiger partial charge in [0.15, 0.2) is 0 Å². The van der Waals surface area contributed by atoms with E-state index in [0.717, 1.165) is 25.3 Å². The van der Waals surface area contributed by atoms with Crippen LogP contribution in [-0.4, -0.2) is 29.0 Å². The van der Waals surface area contributed by atoms with Crippen LogP contribution in [0, 0.1) is 12.8 Å². The molecular formula is C12H20ClN3. The van der Waals surface area contributed by atoms with Crippen LogP contribution in [0.25, 0.3) is 0 Å². The van der Waals surface area contributed by atoms with E-state index in [1.807, 2.05) is 13.1 Å². The van der Waals surface area contributed by atoms with Gasteiger partial charge in [-0.25, -0.2) is 0 Å². The van der Waals surface area contributed by atoms with Gasteiger partial charge in [0, 0.05) is 37.6 Å².